The zero-order valence-electron chi connectivity index (χ0n) is 11.6. The lowest BCUT2D eigenvalue weighted by molar-refractivity contribution is 1.33. The van der Waals surface area contributed by atoms with Crippen LogP contribution in [0.15, 0.2) is 42.5 Å². The normalized spacial score (nSPS) is 10.1. The molecule has 0 fully saturated rings. The summed E-state index contributed by atoms with van der Waals surface area (Å²) in [5.74, 6) is 0.826. The van der Waals surface area contributed by atoms with E-state index in [1.807, 2.05) is 63.2 Å². The molecule has 0 unspecified atom stereocenters. The quantitative estimate of drug-likeness (QED) is 0.640. The van der Waals surface area contributed by atoms with E-state index in [9.17, 15) is 0 Å². The number of benzene rings is 2. The van der Waals surface area contributed by atoms with E-state index < -0.39 is 0 Å². The third kappa shape index (κ3) is 2.45. The van der Waals surface area contributed by atoms with Crippen LogP contribution in [0.1, 0.15) is 19.4 Å². The van der Waals surface area contributed by atoms with Crippen LogP contribution in [-0.4, -0.2) is 9.97 Å². The fraction of sp³-hybridized carbons (Fsp3) is 0.188. The summed E-state index contributed by atoms with van der Waals surface area (Å²) < 4.78 is 0. The lowest BCUT2D eigenvalue weighted by Gasteiger charge is -2.04. The number of anilines is 1. The van der Waals surface area contributed by atoms with Gasteiger partial charge in [-0.05, 0) is 30.7 Å². The molecule has 19 heavy (non-hydrogen) atoms. The van der Waals surface area contributed by atoms with Gasteiger partial charge in [0.15, 0.2) is 0 Å². The fourth-order valence-electron chi connectivity index (χ4n) is 1.97. The van der Waals surface area contributed by atoms with Gasteiger partial charge in [0.25, 0.3) is 0 Å². The van der Waals surface area contributed by atoms with Crippen molar-refractivity contribution < 1.29 is 0 Å². The highest BCUT2D eigenvalue weighted by molar-refractivity contribution is 5.83. The highest BCUT2D eigenvalue weighted by Crippen LogP contribution is 2.27. The maximum absolute atomic E-state index is 6.08. The topological polar surface area (TPSA) is 54.7 Å². The number of nitrogens with zero attached hydrogens (tertiary/aromatic N) is 1. The SMILES string of the molecule is CC.Cc1cccc(-c2nc3ccccc3[nH]2)c1N. The Morgan fingerprint density at radius 2 is 1.74 bits per heavy atom. The minimum Gasteiger partial charge on any atom is -0.398 e. The molecule has 0 saturated heterocycles. The first kappa shape index (κ1) is 13.1. The number of para-hydroxylation sites is 3. The summed E-state index contributed by atoms with van der Waals surface area (Å²) in [4.78, 5) is 7.84. The van der Waals surface area contributed by atoms with Crippen LogP contribution in [0.2, 0.25) is 0 Å². The number of aromatic nitrogens is 2. The summed E-state index contributed by atoms with van der Waals surface area (Å²) in [6.07, 6.45) is 0. The van der Waals surface area contributed by atoms with Crippen LogP contribution in [0.5, 0.6) is 0 Å². The molecule has 0 aliphatic carbocycles. The Morgan fingerprint density at radius 1 is 1.00 bits per heavy atom. The van der Waals surface area contributed by atoms with E-state index in [-0.39, 0.29) is 0 Å². The predicted molar refractivity (Wildman–Crippen MR) is 82.0 cm³/mol. The molecule has 3 nitrogen and oxygen atoms in total. The predicted octanol–water partition coefficient (Wildman–Crippen LogP) is 4.15. The summed E-state index contributed by atoms with van der Waals surface area (Å²) in [6, 6.07) is 13.9. The van der Waals surface area contributed by atoms with Crippen molar-refractivity contribution in [3.63, 3.8) is 0 Å². The monoisotopic (exact) mass is 253 g/mol. The van der Waals surface area contributed by atoms with Gasteiger partial charge in [0.05, 0.1) is 11.0 Å². The maximum Gasteiger partial charge on any atom is 0.140 e. The van der Waals surface area contributed by atoms with Crippen molar-refractivity contribution in [3.8, 4) is 11.4 Å². The Labute approximate surface area is 113 Å². The second-order valence-electron chi connectivity index (χ2n) is 4.14. The van der Waals surface area contributed by atoms with E-state index in [0.29, 0.717) is 0 Å². The summed E-state index contributed by atoms with van der Waals surface area (Å²) in [5, 5.41) is 0. The van der Waals surface area contributed by atoms with Gasteiger partial charge < -0.3 is 10.7 Å². The van der Waals surface area contributed by atoms with Gasteiger partial charge in [0.2, 0.25) is 0 Å². The van der Waals surface area contributed by atoms with Crippen LogP contribution >= 0.6 is 0 Å². The maximum atomic E-state index is 6.08. The Kier molecular flexibility index (Phi) is 3.85. The van der Waals surface area contributed by atoms with Crippen LogP contribution in [0.25, 0.3) is 22.4 Å². The molecule has 0 bridgehead atoms. The lowest BCUT2D eigenvalue weighted by Crippen LogP contribution is -1.94. The zero-order chi connectivity index (χ0) is 13.8. The molecule has 1 aromatic heterocycles. The second kappa shape index (κ2) is 5.57. The van der Waals surface area contributed by atoms with Gasteiger partial charge in [-0.1, -0.05) is 38.1 Å². The number of H-pyrrole nitrogens is 1. The molecule has 0 amide bonds. The molecule has 3 aromatic rings. The van der Waals surface area contributed by atoms with Gasteiger partial charge >= 0.3 is 0 Å². The average molecular weight is 253 g/mol. The van der Waals surface area contributed by atoms with Crippen molar-refractivity contribution >= 4 is 16.7 Å². The Bertz CT molecular complexity index is 650. The van der Waals surface area contributed by atoms with Crippen molar-refractivity contribution in [1.82, 2.24) is 9.97 Å². The van der Waals surface area contributed by atoms with E-state index in [4.69, 9.17) is 5.73 Å². The third-order valence-electron chi connectivity index (χ3n) is 2.97. The van der Waals surface area contributed by atoms with E-state index in [2.05, 4.69) is 9.97 Å². The molecule has 1 heterocycles. The number of imidazole rings is 1. The van der Waals surface area contributed by atoms with Gasteiger partial charge in [-0.25, -0.2) is 4.98 Å². The standard InChI is InChI=1S/C14H13N3.C2H6/c1-9-5-4-6-10(13(9)15)14-16-11-7-2-3-8-12(11)17-14;1-2/h2-8H,15H2,1H3,(H,16,17);1-2H3. The number of nitrogens with two attached hydrogens (primary N) is 1. The number of aromatic amines is 1. The van der Waals surface area contributed by atoms with Gasteiger partial charge in [0.1, 0.15) is 5.82 Å². The Hall–Kier alpha value is -2.29. The largest absolute Gasteiger partial charge is 0.398 e. The van der Waals surface area contributed by atoms with Crippen molar-refractivity contribution in [2.75, 3.05) is 5.73 Å². The number of nitrogen functional groups attached to an aromatic ring is 1. The molecule has 0 aliphatic rings. The van der Waals surface area contributed by atoms with Crippen molar-refractivity contribution in [3.05, 3.63) is 48.0 Å². The van der Waals surface area contributed by atoms with E-state index in [0.717, 1.165) is 33.7 Å². The molecule has 2 aromatic carbocycles. The summed E-state index contributed by atoms with van der Waals surface area (Å²) >= 11 is 0. The Balaban J connectivity index is 0.000000637. The highest BCUT2D eigenvalue weighted by Gasteiger charge is 2.08. The molecule has 0 saturated carbocycles. The first-order valence-corrected chi connectivity index (χ1v) is 6.56. The number of hydrogen-bond acceptors (Lipinski definition) is 2. The first-order chi connectivity index (χ1) is 9.25. The molecule has 0 radical (unpaired) electrons. The van der Waals surface area contributed by atoms with Crippen molar-refractivity contribution in [2.24, 2.45) is 0 Å². The molecule has 98 valence electrons. The molecular weight excluding hydrogens is 234 g/mol. The third-order valence-corrected chi connectivity index (χ3v) is 2.97. The molecular formula is C16H19N3. The average Bonchev–Trinajstić information content (AvgIpc) is 2.87. The molecule has 0 spiro atoms. The van der Waals surface area contributed by atoms with E-state index >= 15 is 0 Å². The molecule has 3 rings (SSSR count). The van der Waals surface area contributed by atoms with Crippen molar-refractivity contribution in [1.29, 1.82) is 0 Å². The molecule has 3 N–H and O–H groups in total. The molecule has 0 aliphatic heterocycles. The van der Waals surface area contributed by atoms with Gasteiger partial charge in [-0.2, -0.15) is 0 Å². The highest BCUT2D eigenvalue weighted by atomic mass is 14.9. The van der Waals surface area contributed by atoms with Crippen LogP contribution < -0.4 is 5.73 Å². The Morgan fingerprint density at radius 3 is 2.47 bits per heavy atom. The lowest BCUT2D eigenvalue weighted by atomic mass is 10.1. The van der Waals surface area contributed by atoms with Gasteiger partial charge in [0, 0.05) is 11.3 Å². The molecule has 0 atom stereocenters. The number of nitrogens with one attached hydrogen (secondary N) is 1. The van der Waals surface area contributed by atoms with Gasteiger partial charge in [-0.3, -0.25) is 0 Å². The zero-order valence-corrected chi connectivity index (χ0v) is 11.6. The number of fused-ring (bicyclic) bond motifs is 1. The van der Waals surface area contributed by atoms with Gasteiger partial charge in [-0.15, -0.1) is 0 Å². The van der Waals surface area contributed by atoms with E-state index in [1.165, 1.54) is 0 Å². The number of hydrogen-bond donors (Lipinski definition) is 2. The van der Waals surface area contributed by atoms with Crippen LogP contribution in [0.4, 0.5) is 5.69 Å². The summed E-state index contributed by atoms with van der Waals surface area (Å²) in [6.45, 7) is 6.00. The second-order valence-corrected chi connectivity index (χ2v) is 4.14. The van der Waals surface area contributed by atoms with E-state index in [1.54, 1.807) is 0 Å². The first-order valence-electron chi connectivity index (χ1n) is 6.56. The number of rotatable bonds is 1. The number of aryl methyl sites for hydroxylation is 1. The van der Waals surface area contributed by atoms with Crippen LogP contribution in [0, 0.1) is 6.92 Å². The molecule has 3 heteroatoms. The van der Waals surface area contributed by atoms with Crippen LogP contribution in [0.3, 0.4) is 0 Å². The summed E-state index contributed by atoms with van der Waals surface area (Å²) in [7, 11) is 0. The smallest absolute Gasteiger partial charge is 0.140 e. The minimum absolute atomic E-state index is 0.784. The minimum atomic E-state index is 0.784. The fourth-order valence-corrected chi connectivity index (χ4v) is 1.97. The van der Waals surface area contributed by atoms with Crippen LogP contribution in [-0.2, 0) is 0 Å². The summed E-state index contributed by atoms with van der Waals surface area (Å²) in [5.41, 5.74) is 10.9. The van der Waals surface area contributed by atoms with Crippen molar-refractivity contribution in [2.45, 2.75) is 20.8 Å².